The smallest absolute Gasteiger partial charge is 0.265 e. The third-order valence-electron chi connectivity index (χ3n) is 3.48. The number of nitrogens with zero attached hydrogens (tertiary/aromatic N) is 1. The van der Waals surface area contributed by atoms with Crippen LogP contribution in [-0.2, 0) is 14.8 Å². The second-order valence-electron chi connectivity index (χ2n) is 4.94. The van der Waals surface area contributed by atoms with Gasteiger partial charge >= 0.3 is 0 Å². The first kappa shape index (κ1) is 14.5. The van der Waals surface area contributed by atoms with E-state index >= 15 is 0 Å². The Labute approximate surface area is 127 Å². The fourth-order valence-electron chi connectivity index (χ4n) is 2.40. The Morgan fingerprint density at radius 2 is 1.86 bits per heavy atom. The molecule has 0 saturated carbocycles. The number of carbonyl (C=O) groups is 1. The third-order valence-corrected chi connectivity index (χ3v) is 5.36. The van der Waals surface area contributed by atoms with Gasteiger partial charge in [-0.25, -0.2) is 12.8 Å². The Morgan fingerprint density at radius 3 is 2.59 bits per heavy atom. The molecule has 1 amide bonds. The highest BCUT2D eigenvalue weighted by Gasteiger charge is 2.38. The molecule has 0 aliphatic carbocycles. The Hall–Kier alpha value is -2.41. The van der Waals surface area contributed by atoms with E-state index in [-0.39, 0.29) is 4.90 Å². The molecule has 1 aliphatic heterocycles. The summed E-state index contributed by atoms with van der Waals surface area (Å²) in [6.45, 7) is 1.49. The van der Waals surface area contributed by atoms with Gasteiger partial charge in [-0.3, -0.25) is 9.10 Å². The number of anilines is 2. The van der Waals surface area contributed by atoms with Crippen LogP contribution in [0.4, 0.5) is 15.8 Å². The van der Waals surface area contributed by atoms with Crippen molar-refractivity contribution in [3.8, 4) is 0 Å². The Morgan fingerprint density at radius 1 is 1.14 bits per heavy atom. The van der Waals surface area contributed by atoms with Gasteiger partial charge in [0.15, 0.2) is 0 Å². The minimum atomic E-state index is -4.05. The lowest BCUT2D eigenvalue weighted by Crippen LogP contribution is -2.49. The lowest BCUT2D eigenvalue weighted by Gasteiger charge is -2.35. The molecule has 22 heavy (non-hydrogen) atoms. The molecule has 0 spiro atoms. The average molecular weight is 320 g/mol. The zero-order valence-electron chi connectivity index (χ0n) is 11.7. The largest absolute Gasteiger partial charge is 0.322 e. The summed E-state index contributed by atoms with van der Waals surface area (Å²) in [5.74, 6) is -1.08. The molecule has 1 heterocycles. The minimum absolute atomic E-state index is 0.191. The van der Waals surface area contributed by atoms with E-state index < -0.39 is 27.8 Å². The Bertz CT molecular complexity index is 851. The van der Waals surface area contributed by atoms with E-state index in [0.717, 1.165) is 10.4 Å². The number of benzene rings is 2. The van der Waals surface area contributed by atoms with E-state index in [1.54, 1.807) is 24.3 Å². The third kappa shape index (κ3) is 2.23. The average Bonchev–Trinajstić information content (AvgIpc) is 2.48. The number of nitrogens with one attached hydrogen (secondary N) is 1. The van der Waals surface area contributed by atoms with Crippen LogP contribution in [0, 0.1) is 5.82 Å². The van der Waals surface area contributed by atoms with E-state index in [1.165, 1.54) is 25.1 Å². The van der Waals surface area contributed by atoms with Gasteiger partial charge in [0.2, 0.25) is 5.91 Å². The summed E-state index contributed by atoms with van der Waals surface area (Å²) in [4.78, 5) is 11.8. The van der Waals surface area contributed by atoms with Crippen molar-refractivity contribution >= 4 is 27.3 Å². The van der Waals surface area contributed by atoms with Crippen LogP contribution in [0.5, 0.6) is 0 Å². The van der Waals surface area contributed by atoms with Gasteiger partial charge in [0.25, 0.3) is 10.0 Å². The van der Waals surface area contributed by atoms with Gasteiger partial charge in [0.05, 0.1) is 16.3 Å². The van der Waals surface area contributed by atoms with Gasteiger partial charge in [0.1, 0.15) is 11.9 Å². The first-order valence-electron chi connectivity index (χ1n) is 6.61. The van der Waals surface area contributed by atoms with Crippen molar-refractivity contribution in [2.24, 2.45) is 0 Å². The van der Waals surface area contributed by atoms with Crippen LogP contribution < -0.4 is 9.62 Å². The first-order chi connectivity index (χ1) is 10.4. The molecule has 2 aromatic rings. The molecule has 5 nitrogen and oxygen atoms in total. The van der Waals surface area contributed by atoms with E-state index in [1.807, 2.05) is 0 Å². The number of para-hydroxylation sites is 2. The molecule has 0 radical (unpaired) electrons. The molecule has 0 saturated heterocycles. The van der Waals surface area contributed by atoms with E-state index in [4.69, 9.17) is 0 Å². The SMILES string of the molecule is CC1C(=O)Nc2ccccc2N1S(=O)(=O)c1cccc(F)c1. The van der Waals surface area contributed by atoms with Gasteiger partial charge in [0, 0.05) is 0 Å². The molecule has 1 aliphatic rings. The van der Waals surface area contributed by atoms with Crippen LogP contribution in [0.3, 0.4) is 0 Å². The maximum absolute atomic E-state index is 13.4. The lowest BCUT2D eigenvalue weighted by atomic mass is 10.1. The van der Waals surface area contributed by atoms with Gasteiger partial charge in [-0.1, -0.05) is 18.2 Å². The number of halogens is 1. The highest BCUT2D eigenvalue weighted by Crippen LogP contribution is 2.36. The van der Waals surface area contributed by atoms with Crippen molar-refractivity contribution in [2.75, 3.05) is 9.62 Å². The molecule has 7 heteroatoms. The lowest BCUT2D eigenvalue weighted by molar-refractivity contribution is -0.117. The number of fused-ring (bicyclic) bond motifs is 1. The van der Waals surface area contributed by atoms with Gasteiger partial charge in [-0.2, -0.15) is 0 Å². The van der Waals surface area contributed by atoms with Crippen molar-refractivity contribution in [1.29, 1.82) is 0 Å². The number of rotatable bonds is 2. The van der Waals surface area contributed by atoms with E-state index in [2.05, 4.69) is 5.32 Å². The predicted octanol–water partition coefficient (Wildman–Crippen LogP) is 2.36. The highest BCUT2D eigenvalue weighted by atomic mass is 32.2. The van der Waals surface area contributed by atoms with Crippen molar-refractivity contribution < 1.29 is 17.6 Å². The normalized spacial score (nSPS) is 17.8. The van der Waals surface area contributed by atoms with E-state index in [9.17, 15) is 17.6 Å². The zero-order chi connectivity index (χ0) is 15.9. The molecular weight excluding hydrogens is 307 g/mol. The van der Waals surface area contributed by atoms with Crippen molar-refractivity contribution in [3.63, 3.8) is 0 Å². The van der Waals surface area contributed by atoms with Crippen molar-refractivity contribution in [2.45, 2.75) is 17.9 Å². The summed E-state index contributed by atoms with van der Waals surface area (Å²) in [6, 6.07) is 10.4. The first-order valence-corrected chi connectivity index (χ1v) is 8.05. The molecule has 114 valence electrons. The molecule has 0 aromatic heterocycles. The number of sulfonamides is 1. The monoisotopic (exact) mass is 320 g/mol. The van der Waals surface area contributed by atoms with Crippen LogP contribution in [-0.4, -0.2) is 20.4 Å². The maximum atomic E-state index is 13.4. The van der Waals surface area contributed by atoms with Crippen molar-refractivity contribution in [3.05, 3.63) is 54.3 Å². The molecule has 1 N–H and O–H groups in total. The minimum Gasteiger partial charge on any atom is -0.322 e. The van der Waals surface area contributed by atoms with E-state index in [0.29, 0.717) is 11.4 Å². The predicted molar refractivity (Wildman–Crippen MR) is 80.6 cm³/mol. The van der Waals surface area contributed by atoms with Crippen LogP contribution >= 0.6 is 0 Å². The van der Waals surface area contributed by atoms with Crippen LogP contribution in [0.2, 0.25) is 0 Å². The number of hydrogen-bond acceptors (Lipinski definition) is 3. The molecule has 1 unspecified atom stereocenters. The molecule has 1 atom stereocenters. The second kappa shape index (κ2) is 5.10. The maximum Gasteiger partial charge on any atom is 0.265 e. The highest BCUT2D eigenvalue weighted by molar-refractivity contribution is 7.93. The fraction of sp³-hybridized carbons (Fsp3) is 0.133. The second-order valence-corrected chi connectivity index (χ2v) is 6.76. The molecular formula is C15H13FN2O3S. The fourth-order valence-corrected chi connectivity index (χ4v) is 4.07. The molecule has 2 aromatic carbocycles. The molecule has 0 fully saturated rings. The number of amides is 1. The molecule has 0 bridgehead atoms. The number of hydrogen-bond donors (Lipinski definition) is 1. The van der Waals surface area contributed by atoms with Gasteiger partial charge < -0.3 is 5.32 Å². The topological polar surface area (TPSA) is 66.5 Å². The summed E-state index contributed by atoms with van der Waals surface area (Å²) in [5, 5.41) is 2.66. The number of carbonyl (C=O) groups excluding carboxylic acids is 1. The summed E-state index contributed by atoms with van der Waals surface area (Å²) >= 11 is 0. The van der Waals surface area contributed by atoms with Crippen molar-refractivity contribution in [1.82, 2.24) is 0 Å². The summed E-state index contributed by atoms with van der Waals surface area (Å²) in [5.41, 5.74) is 0.768. The van der Waals surface area contributed by atoms with Gasteiger partial charge in [-0.15, -0.1) is 0 Å². The quantitative estimate of drug-likeness (QED) is 0.924. The van der Waals surface area contributed by atoms with Gasteiger partial charge in [-0.05, 0) is 37.3 Å². The summed E-state index contributed by atoms with van der Waals surface area (Å²) in [7, 11) is -4.05. The Balaban J connectivity index is 2.19. The summed E-state index contributed by atoms with van der Waals surface area (Å²) < 4.78 is 40.1. The van der Waals surface area contributed by atoms with Crippen LogP contribution in [0.1, 0.15) is 6.92 Å². The zero-order valence-corrected chi connectivity index (χ0v) is 12.5. The Kier molecular flexibility index (Phi) is 3.37. The summed E-state index contributed by atoms with van der Waals surface area (Å²) in [6.07, 6.45) is 0. The van der Waals surface area contributed by atoms with Crippen LogP contribution in [0.25, 0.3) is 0 Å². The molecule has 3 rings (SSSR count). The van der Waals surface area contributed by atoms with Crippen LogP contribution in [0.15, 0.2) is 53.4 Å². The standard InChI is InChI=1S/C15H13FN2O3S/c1-10-15(19)17-13-7-2-3-8-14(13)18(10)22(20,21)12-6-4-5-11(16)9-12/h2-10H,1H3,(H,17,19).